The number of rotatable bonds is 3. The Kier molecular flexibility index (Phi) is 3.03. The van der Waals surface area contributed by atoms with Gasteiger partial charge in [0.2, 0.25) is 0 Å². The van der Waals surface area contributed by atoms with Gasteiger partial charge in [-0.1, -0.05) is 73.5 Å². The largest absolute Gasteiger partial charge is 0.0769 e. The van der Waals surface area contributed by atoms with Crippen LogP contribution in [0.1, 0.15) is 42.9 Å². The van der Waals surface area contributed by atoms with Crippen LogP contribution in [0, 0.1) is 0 Å². The van der Waals surface area contributed by atoms with E-state index in [0.29, 0.717) is 0 Å². The average Bonchev–Trinajstić information content (AvgIpc) is 3.11. The molecule has 2 aromatic rings. The average molecular weight is 272 g/mol. The van der Waals surface area contributed by atoms with Gasteiger partial charge >= 0.3 is 0 Å². The molecule has 2 aromatic carbocycles. The molecule has 0 unspecified atom stereocenters. The molecule has 0 bridgehead atoms. The molecular weight excluding hydrogens is 252 g/mol. The maximum absolute atomic E-state index is 2.42. The van der Waals surface area contributed by atoms with Crippen LogP contribution in [0.25, 0.3) is 16.7 Å². The van der Waals surface area contributed by atoms with Gasteiger partial charge in [-0.25, -0.2) is 0 Å². The molecule has 2 aliphatic rings. The minimum absolute atomic E-state index is 1.09. The standard InChI is InChI=1S/C21H20/c1-2-6-15-11-12-17(13-15)19-9-5-10-20-18-8-4-3-7-16(18)14-21(19)20/h3-5,7-11,13H,2,6,12,14H2,1H3. The van der Waals surface area contributed by atoms with Crippen LogP contribution in [-0.2, 0) is 6.42 Å². The van der Waals surface area contributed by atoms with E-state index >= 15 is 0 Å². The predicted molar refractivity (Wildman–Crippen MR) is 90.3 cm³/mol. The summed E-state index contributed by atoms with van der Waals surface area (Å²) in [6, 6.07) is 15.6. The van der Waals surface area contributed by atoms with Gasteiger partial charge in [-0.2, -0.15) is 0 Å². The summed E-state index contributed by atoms with van der Waals surface area (Å²) in [5.74, 6) is 0. The SMILES string of the molecule is CCCC1=CCC(c2cccc3c2Cc2ccccc2-3)=C1. The third-order valence-corrected chi connectivity index (χ3v) is 4.68. The van der Waals surface area contributed by atoms with Crippen LogP contribution in [0.2, 0.25) is 0 Å². The van der Waals surface area contributed by atoms with Crippen molar-refractivity contribution in [1.82, 2.24) is 0 Å². The van der Waals surface area contributed by atoms with Crippen molar-refractivity contribution in [3.05, 3.63) is 76.9 Å². The number of allylic oxidation sites excluding steroid dienone is 4. The lowest BCUT2D eigenvalue weighted by molar-refractivity contribution is 0.927. The smallest absolute Gasteiger partial charge is 0.000740 e. The van der Waals surface area contributed by atoms with E-state index in [9.17, 15) is 0 Å². The molecule has 4 rings (SSSR count). The van der Waals surface area contributed by atoms with Crippen LogP contribution in [0.4, 0.5) is 0 Å². The van der Waals surface area contributed by atoms with E-state index in [0.717, 1.165) is 12.8 Å². The molecule has 2 aliphatic carbocycles. The van der Waals surface area contributed by atoms with E-state index in [4.69, 9.17) is 0 Å². The summed E-state index contributed by atoms with van der Waals surface area (Å²) < 4.78 is 0. The molecule has 0 amide bonds. The van der Waals surface area contributed by atoms with Crippen molar-refractivity contribution in [1.29, 1.82) is 0 Å². The Labute approximate surface area is 126 Å². The Bertz CT molecular complexity index is 759. The van der Waals surface area contributed by atoms with E-state index in [1.54, 1.807) is 0 Å². The summed E-state index contributed by atoms with van der Waals surface area (Å²) >= 11 is 0. The molecule has 0 radical (unpaired) electrons. The Morgan fingerprint density at radius 1 is 0.905 bits per heavy atom. The van der Waals surface area contributed by atoms with E-state index in [-0.39, 0.29) is 0 Å². The number of hydrogen-bond donors (Lipinski definition) is 0. The quantitative estimate of drug-likeness (QED) is 0.567. The summed E-state index contributed by atoms with van der Waals surface area (Å²) in [6.07, 6.45) is 9.44. The summed E-state index contributed by atoms with van der Waals surface area (Å²) in [7, 11) is 0. The predicted octanol–water partition coefficient (Wildman–Crippen LogP) is 5.77. The van der Waals surface area contributed by atoms with Gasteiger partial charge in [-0.15, -0.1) is 0 Å². The Morgan fingerprint density at radius 2 is 1.71 bits per heavy atom. The van der Waals surface area contributed by atoms with Gasteiger partial charge in [-0.3, -0.25) is 0 Å². The van der Waals surface area contributed by atoms with E-state index in [2.05, 4.69) is 61.5 Å². The van der Waals surface area contributed by atoms with Gasteiger partial charge in [0, 0.05) is 0 Å². The first-order valence-corrected chi connectivity index (χ1v) is 7.97. The molecule has 0 aliphatic heterocycles. The van der Waals surface area contributed by atoms with Gasteiger partial charge in [0.25, 0.3) is 0 Å². The summed E-state index contributed by atoms with van der Waals surface area (Å²) in [4.78, 5) is 0. The number of benzene rings is 2. The van der Waals surface area contributed by atoms with Crippen LogP contribution < -0.4 is 0 Å². The zero-order chi connectivity index (χ0) is 14.2. The molecule has 0 saturated carbocycles. The lowest BCUT2D eigenvalue weighted by Crippen LogP contribution is -1.90. The van der Waals surface area contributed by atoms with E-state index in [1.165, 1.54) is 51.8 Å². The first kappa shape index (κ1) is 12.6. The maximum Gasteiger partial charge on any atom is -0.000740 e. The highest BCUT2D eigenvalue weighted by atomic mass is 14.3. The third-order valence-electron chi connectivity index (χ3n) is 4.68. The van der Waals surface area contributed by atoms with Crippen LogP contribution in [0.5, 0.6) is 0 Å². The molecule has 0 N–H and O–H groups in total. The molecule has 104 valence electrons. The monoisotopic (exact) mass is 272 g/mol. The fourth-order valence-electron chi connectivity index (χ4n) is 3.69. The minimum atomic E-state index is 1.09. The normalized spacial score (nSPS) is 15.5. The second-order valence-corrected chi connectivity index (χ2v) is 6.07. The highest BCUT2D eigenvalue weighted by molar-refractivity contribution is 5.85. The van der Waals surface area contributed by atoms with Crippen molar-refractivity contribution in [3.8, 4) is 11.1 Å². The van der Waals surface area contributed by atoms with E-state index in [1.807, 2.05) is 0 Å². The molecule has 0 spiro atoms. The molecular formula is C21H20. The van der Waals surface area contributed by atoms with Crippen molar-refractivity contribution in [2.45, 2.75) is 32.6 Å². The highest BCUT2D eigenvalue weighted by Gasteiger charge is 2.22. The second kappa shape index (κ2) is 5.04. The molecule has 0 atom stereocenters. The van der Waals surface area contributed by atoms with Crippen molar-refractivity contribution >= 4 is 5.57 Å². The number of fused-ring (bicyclic) bond motifs is 3. The molecule has 0 heterocycles. The zero-order valence-corrected chi connectivity index (χ0v) is 12.5. The van der Waals surface area contributed by atoms with Gasteiger partial charge in [0.15, 0.2) is 0 Å². The fourth-order valence-corrected chi connectivity index (χ4v) is 3.69. The Hall–Kier alpha value is -2.08. The topological polar surface area (TPSA) is 0 Å². The van der Waals surface area contributed by atoms with Gasteiger partial charge in [0.05, 0.1) is 0 Å². The molecule has 0 nitrogen and oxygen atoms in total. The van der Waals surface area contributed by atoms with Crippen molar-refractivity contribution in [2.24, 2.45) is 0 Å². The second-order valence-electron chi connectivity index (χ2n) is 6.07. The first-order valence-electron chi connectivity index (χ1n) is 7.97. The first-order chi connectivity index (χ1) is 10.4. The highest BCUT2D eigenvalue weighted by Crippen LogP contribution is 2.41. The maximum atomic E-state index is 2.42. The van der Waals surface area contributed by atoms with Crippen LogP contribution in [0.15, 0.2) is 60.2 Å². The molecule has 0 heteroatoms. The van der Waals surface area contributed by atoms with Crippen LogP contribution >= 0.6 is 0 Å². The molecule has 0 saturated heterocycles. The molecule has 21 heavy (non-hydrogen) atoms. The molecule has 0 aromatic heterocycles. The van der Waals surface area contributed by atoms with Gasteiger partial charge in [0.1, 0.15) is 0 Å². The summed E-state index contributed by atoms with van der Waals surface area (Å²) in [6.45, 7) is 2.25. The minimum Gasteiger partial charge on any atom is -0.0769 e. The van der Waals surface area contributed by atoms with E-state index < -0.39 is 0 Å². The van der Waals surface area contributed by atoms with Gasteiger partial charge in [-0.05, 0) is 52.7 Å². The Morgan fingerprint density at radius 3 is 2.62 bits per heavy atom. The Balaban J connectivity index is 1.76. The zero-order valence-electron chi connectivity index (χ0n) is 12.5. The third kappa shape index (κ3) is 2.06. The van der Waals surface area contributed by atoms with Gasteiger partial charge < -0.3 is 0 Å². The molecule has 0 fully saturated rings. The van der Waals surface area contributed by atoms with Crippen LogP contribution in [0.3, 0.4) is 0 Å². The summed E-state index contributed by atoms with van der Waals surface area (Å²) in [5, 5.41) is 0. The van der Waals surface area contributed by atoms with Crippen molar-refractivity contribution < 1.29 is 0 Å². The van der Waals surface area contributed by atoms with Crippen LogP contribution in [-0.4, -0.2) is 0 Å². The fraction of sp³-hybridized carbons (Fsp3) is 0.238. The number of hydrogen-bond acceptors (Lipinski definition) is 0. The van der Waals surface area contributed by atoms with Crippen molar-refractivity contribution in [2.75, 3.05) is 0 Å². The van der Waals surface area contributed by atoms with Crippen molar-refractivity contribution in [3.63, 3.8) is 0 Å². The lowest BCUT2D eigenvalue weighted by atomic mass is 9.95. The lowest BCUT2D eigenvalue weighted by Gasteiger charge is -2.09. The summed E-state index contributed by atoms with van der Waals surface area (Å²) in [5.41, 5.74) is 10.3.